The van der Waals surface area contributed by atoms with E-state index in [-0.39, 0.29) is 5.56 Å². The Morgan fingerprint density at radius 1 is 0.905 bits per heavy atom. The summed E-state index contributed by atoms with van der Waals surface area (Å²) < 4.78 is 1.66. The third-order valence-corrected chi connectivity index (χ3v) is 3.29. The van der Waals surface area contributed by atoms with E-state index in [4.69, 9.17) is 0 Å². The molecule has 0 N–H and O–H groups in total. The normalized spacial score (nSPS) is 10.1. The number of pyridine rings is 1. The Bertz CT molecular complexity index is 805. The van der Waals surface area contributed by atoms with Crippen LogP contribution in [0.2, 0.25) is 0 Å². The van der Waals surface area contributed by atoms with Crippen LogP contribution in [0.5, 0.6) is 0 Å². The van der Waals surface area contributed by atoms with Gasteiger partial charge in [-0.15, -0.1) is 0 Å². The van der Waals surface area contributed by atoms with E-state index in [0.717, 1.165) is 17.0 Å². The van der Waals surface area contributed by atoms with E-state index < -0.39 is 0 Å². The SMILES string of the molecule is CC.Cc1nc2cccc(C)n2c(=O)c1-c1ccccc1. The number of rotatable bonds is 1. The molecule has 0 saturated carbocycles. The van der Waals surface area contributed by atoms with Crippen LogP contribution in [0.3, 0.4) is 0 Å². The van der Waals surface area contributed by atoms with Crippen molar-refractivity contribution in [1.29, 1.82) is 0 Å². The van der Waals surface area contributed by atoms with Crippen molar-refractivity contribution in [3.05, 3.63) is 70.3 Å². The van der Waals surface area contributed by atoms with Gasteiger partial charge in [0.15, 0.2) is 0 Å². The van der Waals surface area contributed by atoms with Crippen LogP contribution in [-0.2, 0) is 0 Å². The summed E-state index contributed by atoms with van der Waals surface area (Å²) in [5, 5.41) is 0. The Labute approximate surface area is 124 Å². The molecule has 0 bridgehead atoms. The van der Waals surface area contributed by atoms with Gasteiger partial charge in [0.2, 0.25) is 0 Å². The average Bonchev–Trinajstić information content (AvgIpc) is 2.50. The zero-order valence-electron chi connectivity index (χ0n) is 12.9. The Morgan fingerprint density at radius 2 is 1.57 bits per heavy atom. The predicted molar refractivity (Wildman–Crippen MR) is 87.7 cm³/mol. The summed E-state index contributed by atoms with van der Waals surface area (Å²) in [6.07, 6.45) is 0. The van der Waals surface area contributed by atoms with Crippen LogP contribution >= 0.6 is 0 Å². The first-order valence-electron chi connectivity index (χ1n) is 7.23. The molecule has 0 saturated heterocycles. The summed E-state index contributed by atoms with van der Waals surface area (Å²) in [5.41, 5.74) is 3.94. The number of hydrogen-bond acceptors (Lipinski definition) is 2. The molecule has 0 aliphatic carbocycles. The number of hydrogen-bond donors (Lipinski definition) is 0. The molecular weight excluding hydrogens is 260 g/mol. The van der Waals surface area contributed by atoms with Crippen molar-refractivity contribution in [2.75, 3.05) is 0 Å². The van der Waals surface area contributed by atoms with Gasteiger partial charge in [0.1, 0.15) is 5.65 Å². The molecule has 3 nitrogen and oxygen atoms in total. The van der Waals surface area contributed by atoms with Gasteiger partial charge in [0.25, 0.3) is 5.56 Å². The van der Waals surface area contributed by atoms with E-state index >= 15 is 0 Å². The van der Waals surface area contributed by atoms with Crippen LogP contribution in [-0.4, -0.2) is 9.38 Å². The quantitative estimate of drug-likeness (QED) is 0.675. The van der Waals surface area contributed by atoms with Crippen LogP contribution in [0.1, 0.15) is 25.2 Å². The lowest BCUT2D eigenvalue weighted by Gasteiger charge is -2.09. The van der Waals surface area contributed by atoms with Crippen LogP contribution in [0.4, 0.5) is 0 Å². The van der Waals surface area contributed by atoms with Crippen molar-refractivity contribution < 1.29 is 0 Å². The van der Waals surface area contributed by atoms with Crippen LogP contribution < -0.4 is 5.56 Å². The maximum Gasteiger partial charge on any atom is 0.266 e. The Hall–Kier alpha value is -2.42. The number of nitrogens with zero attached hydrogens (tertiary/aromatic N) is 2. The van der Waals surface area contributed by atoms with Crippen molar-refractivity contribution in [2.45, 2.75) is 27.7 Å². The lowest BCUT2D eigenvalue weighted by Crippen LogP contribution is -2.20. The Balaban J connectivity index is 0.000000774. The zero-order valence-corrected chi connectivity index (χ0v) is 12.9. The average molecular weight is 280 g/mol. The first kappa shape index (κ1) is 15.0. The molecule has 0 radical (unpaired) electrons. The second kappa shape index (κ2) is 6.35. The van der Waals surface area contributed by atoms with Crippen molar-refractivity contribution in [3.63, 3.8) is 0 Å². The molecule has 21 heavy (non-hydrogen) atoms. The lowest BCUT2D eigenvalue weighted by atomic mass is 10.1. The van der Waals surface area contributed by atoms with E-state index in [1.54, 1.807) is 4.40 Å². The number of benzene rings is 1. The Morgan fingerprint density at radius 3 is 2.24 bits per heavy atom. The molecule has 0 unspecified atom stereocenters. The van der Waals surface area contributed by atoms with Gasteiger partial charge in [-0.3, -0.25) is 9.20 Å². The van der Waals surface area contributed by atoms with E-state index in [1.807, 2.05) is 76.2 Å². The van der Waals surface area contributed by atoms with E-state index in [2.05, 4.69) is 4.98 Å². The first-order valence-corrected chi connectivity index (χ1v) is 7.23. The maximum absolute atomic E-state index is 12.7. The minimum absolute atomic E-state index is 0.00759. The molecule has 1 aromatic carbocycles. The molecule has 0 aliphatic heterocycles. The second-order valence-corrected chi connectivity index (χ2v) is 4.60. The number of aryl methyl sites for hydroxylation is 2. The molecule has 0 aliphatic rings. The zero-order chi connectivity index (χ0) is 15.4. The van der Waals surface area contributed by atoms with Crippen LogP contribution in [0.25, 0.3) is 16.8 Å². The molecule has 3 heteroatoms. The van der Waals surface area contributed by atoms with E-state index in [1.165, 1.54) is 0 Å². The van der Waals surface area contributed by atoms with E-state index in [9.17, 15) is 4.79 Å². The van der Waals surface area contributed by atoms with Gasteiger partial charge in [-0.25, -0.2) is 4.98 Å². The molecule has 0 amide bonds. The summed E-state index contributed by atoms with van der Waals surface area (Å²) in [7, 11) is 0. The smallest absolute Gasteiger partial charge is 0.266 e. The van der Waals surface area contributed by atoms with Gasteiger partial charge in [-0.1, -0.05) is 50.2 Å². The largest absolute Gasteiger partial charge is 0.268 e. The van der Waals surface area contributed by atoms with Crippen molar-refractivity contribution in [1.82, 2.24) is 9.38 Å². The minimum atomic E-state index is -0.00759. The number of fused-ring (bicyclic) bond motifs is 1. The summed E-state index contributed by atoms with van der Waals surface area (Å²) >= 11 is 0. The van der Waals surface area contributed by atoms with Crippen molar-refractivity contribution in [2.24, 2.45) is 0 Å². The number of aromatic nitrogens is 2. The maximum atomic E-state index is 12.7. The van der Waals surface area contributed by atoms with Gasteiger partial charge in [-0.2, -0.15) is 0 Å². The van der Waals surface area contributed by atoms with Gasteiger partial charge < -0.3 is 0 Å². The molecule has 0 fully saturated rings. The fourth-order valence-corrected chi connectivity index (χ4v) is 2.39. The fourth-order valence-electron chi connectivity index (χ4n) is 2.39. The van der Waals surface area contributed by atoms with Crippen molar-refractivity contribution >= 4 is 5.65 Å². The molecule has 0 spiro atoms. The summed E-state index contributed by atoms with van der Waals surface area (Å²) in [6.45, 7) is 7.80. The predicted octanol–water partition coefficient (Wildman–Crippen LogP) is 4.00. The topological polar surface area (TPSA) is 34.4 Å². The summed E-state index contributed by atoms with van der Waals surface area (Å²) in [6, 6.07) is 15.4. The second-order valence-electron chi connectivity index (χ2n) is 4.60. The van der Waals surface area contributed by atoms with Gasteiger partial charge in [0, 0.05) is 5.69 Å². The van der Waals surface area contributed by atoms with Crippen LogP contribution in [0.15, 0.2) is 53.3 Å². The van der Waals surface area contributed by atoms with Crippen molar-refractivity contribution in [3.8, 4) is 11.1 Å². The van der Waals surface area contributed by atoms with E-state index in [0.29, 0.717) is 11.2 Å². The molecular formula is C18H20N2O. The standard InChI is InChI=1S/C16H14N2O.C2H6/c1-11-7-6-10-14-17-12(2)15(16(19)18(11)14)13-8-4-3-5-9-13;1-2/h3-10H,1-2H3;1-2H3. The third kappa shape index (κ3) is 2.72. The molecule has 108 valence electrons. The highest BCUT2D eigenvalue weighted by Crippen LogP contribution is 2.18. The molecule has 3 rings (SSSR count). The Kier molecular flexibility index (Phi) is 4.53. The molecule has 0 atom stereocenters. The highest BCUT2D eigenvalue weighted by atomic mass is 16.1. The monoisotopic (exact) mass is 280 g/mol. The van der Waals surface area contributed by atoms with Gasteiger partial charge >= 0.3 is 0 Å². The highest BCUT2D eigenvalue weighted by Gasteiger charge is 2.12. The highest BCUT2D eigenvalue weighted by molar-refractivity contribution is 5.66. The summed E-state index contributed by atoms with van der Waals surface area (Å²) in [5.74, 6) is 0. The fraction of sp³-hybridized carbons (Fsp3) is 0.222. The van der Waals surface area contributed by atoms with Gasteiger partial charge in [-0.05, 0) is 31.5 Å². The lowest BCUT2D eigenvalue weighted by molar-refractivity contribution is 0.976. The molecule has 3 aromatic rings. The molecule has 2 heterocycles. The molecule has 2 aromatic heterocycles. The van der Waals surface area contributed by atoms with Gasteiger partial charge in [0.05, 0.1) is 11.3 Å². The third-order valence-electron chi connectivity index (χ3n) is 3.29. The minimum Gasteiger partial charge on any atom is -0.268 e. The van der Waals surface area contributed by atoms with Crippen LogP contribution in [0, 0.1) is 13.8 Å². The first-order chi connectivity index (χ1) is 10.2. The summed E-state index contributed by atoms with van der Waals surface area (Å²) in [4.78, 5) is 17.2.